The molecule has 10 nitrogen and oxygen atoms in total. The van der Waals surface area contributed by atoms with Crippen LogP contribution in [-0.4, -0.2) is 60.0 Å². The van der Waals surface area contributed by atoms with E-state index in [1.54, 1.807) is 37.4 Å². The van der Waals surface area contributed by atoms with Gasteiger partial charge in [0.15, 0.2) is 17.3 Å². The molecule has 2 heterocycles. The molecule has 2 N–H and O–H groups in total. The first-order valence-corrected chi connectivity index (χ1v) is 13.2. The fourth-order valence-electron chi connectivity index (χ4n) is 5.28. The molecule has 0 aromatic heterocycles. The lowest BCUT2D eigenvalue weighted by Crippen LogP contribution is -2.52. The van der Waals surface area contributed by atoms with E-state index in [0.717, 1.165) is 10.0 Å². The average Bonchev–Trinajstić information content (AvgIpc) is 3.24. The van der Waals surface area contributed by atoms with Gasteiger partial charge in [-0.3, -0.25) is 29.5 Å². The molecular weight excluding hydrogens is 570 g/mol. The summed E-state index contributed by atoms with van der Waals surface area (Å²) in [5.74, 6) is -0.683. The number of fused-ring (bicyclic) bond motifs is 1. The fraction of sp³-hybridized carbons (Fsp3) is 0.321. The molecule has 202 valence electrons. The molecule has 2 unspecified atom stereocenters. The van der Waals surface area contributed by atoms with E-state index in [1.165, 1.54) is 18.2 Å². The number of carbonyl (C=O) groups is 4. The second kappa shape index (κ2) is 10.6. The lowest BCUT2D eigenvalue weighted by atomic mass is 9.83. The highest BCUT2D eigenvalue weighted by Crippen LogP contribution is 2.42. The molecule has 3 amide bonds. The summed E-state index contributed by atoms with van der Waals surface area (Å²) in [4.78, 5) is 55.9. The van der Waals surface area contributed by atoms with Crippen molar-refractivity contribution in [2.75, 3.05) is 14.2 Å². The number of hydrogen-bond acceptors (Lipinski definition) is 8. The zero-order valence-electron chi connectivity index (χ0n) is 21.3. The van der Waals surface area contributed by atoms with Crippen molar-refractivity contribution in [3.05, 3.63) is 62.8 Å². The van der Waals surface area contributed by atoms with Crippen LogP contribution in [0.3, 0.4) is 0 Å². The molecule has 2 aromatic carbocycles. The van der Waals surface area contributed by atoms with E-state index >= 15 is 0 Å². The third kappa shape index (κ3) is 4.94. The molecule has 1 fully saturated rings. The van der Waals surface area contributed by atoms with Crippen molar-refractivity contribution in [3.63, 3.8) is 0 Å². The summed E-state index contributed by atoms with van der Waals surface area (Å²) in [7, 11) is 3.07. The SMILES string of the molecule is COc1cc(Br)c(C2CC(=O)C(C=Nc3cccc4c3CN(C3CCC(=O)NC3=O)C4=O)=C(O)C2)cc1OC. The molecule has 0 bridgehead atoms. The summed E-state index contributed by atoms with van der Waals surface area (Å²) in [5.41, 5.74) is 2.44. The van der Waals surface area contributed by atoms with Gasteiger partial charge in [-0.2, -0.15) is 0 Å². The van der Waals surface area contributed by atoms with Crippen molar-refractivity contribution >= 4 is 51.3 Å². The van der Waals surface area contributed by atoms with Crippen LogP contribution in [0.2, 0.25) is 0 Å². The summed E-state index contributed by atoms with van der Waals surface area (Å²) in [5, 5.41) is 13.1. The van der Waals surface area contributed by atoms with Crippen LogP contribution in [0.4, 0.5) is 5.69 Å². The van der Waals surface area contributed by atoms with Gasteiger partial charge in [0.25, 0.3) is 5.91 Å². The molecule has 0 radical (unpaired) electrons. The van der Waals surface area contributed by atoms with Crippen molar-refractivity contribution in [1.29, 1.82) is 0 Å². The summed E-state index contributed by atoms with van der Waals surface area (Å²) in [6.07, 6.45) is 2.16. The van der Waals surface area contributed by atoms with Gasteiger partial charge in [-0.25, -0.2) is 0 Å². The van der Waals surface area contributed by atoms with E-state index in [-0.39, 0.29) is 67.1 Å². The Morgan fingerprint density at radius 3 is 2.54 bits per heavy atom. The van der Waals surface area contributed by atoms with Crippen LogP contribution in [0.25, 0.3) is 0 Å². The van der Waals surface area contributed by atoms with Crippen molar-refractivity contribution in [2.24, 2.45) is 4.99 Å². The van der Waals surface area contributed by atoms with Gasteiger partial charge in [0.1, 0.15) is 11.8 Å². The quantitative estimate of drug-likeness (QED) is 0.382. The van der Waals surface area contributed by atoms with Crippen LogP contribution in [0.15, 0.2) is 51.1 Å². The molecule has 2 aromatic rings. The number of rotatable bonds is 6. The number of aliphatic imine (C=N–C) groups is 1. The van der Waals surface area contributed by atoms with Crippen molar-refractivity contribution in [2.45, 2.75) is 44.2 Å². The van der Waals surface area contributed by atoms with Crippen molar-refractivity contribution < 1.29 is 33.8 Å². The summed E-state index contributed by atoms with van der Waals surface area (Å²) in [6, 6.07) is 7.89. The van der Waals surface area contributed by atoms with Gasteiger partial charge in [-0.15, -0.1) is 0 Å². The zero-order valence-corrected chi connectivity index (χ0v) is 22.9. The predicted molar refractivity (Wildman–Crippen MR) is 145 cm³/mol. The van der Waals surface area contributed by atoms with Crippen LogP contribution in [0, 0.1) is 0 Å². The van der Waals surface area contributed by atoms with E-state index < -0.39 is 11.9 Å². The number of Topliss-reactive ketones (excluding diaryl/α,β-unsaturated/α-hetero) is 1. The maximum Gasteiger partial charge on any atom is 0.255 e. The van der Waals surface area contributed by atoms with Crippen LogP contribution >= 0.6 is 15.9 Å². The number of nitrogens with one attached hydrogen (secondary N) is 1. The molecule has 2 aliphatic heterocycles. The number of benzene rings is 2. The number of halogens is 1. The van der Waals surface area contributed by atoms with Crippen molar-refractivity contribution in [1.82, 2.24) is 10.2 Å². The highest BCUT2D eigenvalue weighted by Gasteiger charge is 2.40. The van der Waals surface area contributed by atoms with Gasteiger partial charge in [-0.05, 0) is 42.2 Å². The van der Waals surface area contributed by atoms with E-state index in [9.17, 15) is 24.3 Å². The fourth-order valence-corrected chi connectivity index (χ4v) is 5.93. The maximum absolute atomic E-state index is 13.1. The number of nitrogens with zero attached hydrogens (tertiary/aromatic N) is 2. The second-order valence-electron chi connectivity index (χ2n) is 9.58. The summed E-state index contributed by atoms with van der Waals surface area (Å²) >= 11 is 3.53. The summed E-state index contributed by atoms with van der Waals surface area (Å²) < 4.78 is 11.5. The highest BCUT2D eigenvalue weighted by molar-refractivity contribution is 9.10. The van der Waals surface area contributed by atoms with Gasteiger partial charge in [0.05, 0.1) is 25.5 Å². The number of aliphatic hydroxyl groups is 1. The first-order valence-electron chi connectivity index (χ1n) is 12.4. The number of piperidine rings is 1. The number of amides is 3. The number of ether oxygens (including phenoxy) is 2. The Hall–Kier alpha value is -3.99. The van der Waals surface area contributed by atoms with Gasteiger partial charge < -0.3 is 19.5 Å². The summed E-state index contributed by atoms with van der Waals surface area (Å²) in [6.45, 7) is 0.155. The van der Waals surface area contributed by atoms with E-state index in [1.807, 2.05) is 0 Å². The van der Waals surface area contributed by atoms with Gasteiger partial charge in [-0.1, -0.05) is 22.0 Å². The largest absolute Gasteiger partial charge is 0.511 e. The highest BCUT2D eigenvalue weighted by atomic mass is 79.9. The molecule has 39 heavy (non-hydrogen) atoms. The molecular formula is C28H26BrN3O7. The normalized spacial score (nSPS) is 21.5. The lowest BCUT2D eigenvalue weighted by molar-refractivity contribution is -0.137. The molecule has 3 aliphatic rings. The topological polar surface area (TPSA) is 135 Å². The van der Waals surface area contributed by atoms with Crippen LogP contribution in [0.5, 0.6) is 11.5 Å². The first-order chi connectivity index (χ1) is 18.7. The van der Waals surface area contributed by atoms with Crippen molar-refractivity contribution in [3.8, 4) is 11.5 Å². The standard InChI is InChI=1S/C28H26BrN3O7/c1-38-24-10-16(19(29)11-25(24)39-2)14-8-22(33)17(23(34)9-14)12-30-20-5-3-4-15-18(20)13-32(28(15)37)21-6-7-26(35)31-27(21)36/h3-5,10-12,14,21,33H,6-9,13H2,1-2H3,(H,31,35,36). The molecule has 11 heteroatoms. The lowest BCUT2D eigenvalue weighted by Gasteiger charge is -2.29. The minimum Gasteiger partial charge on any atom is -0.511 e. The van der Waals surface area contributed by atoms with Crippen LogP contribution in [0.1, 0.15) is 53.1 Å². The average molecular weight is 596 g/mol. The Morgan fingerprint density at radius 1 is 1.10 bits per heavy atom. The van der Waals surface area contributed by atoms with Gasteiger partial charge in [0, 0.05) is 47.6 Å². The molecule has 1 saturated heterocycles. The minimum absolute atomic E-state index is 0.0736. The molecule has 2 atom stereocenters. The number of allylic oxidation sites excluding steroid dienone is 2. The zero-order chi connectivity index (χ0) is 27.8. The number of aliphatic hydroxyl groups excluding tert-OH is 1. The monoisotopic (exact) mass is 595 g/mol. The molecule has 1 aliphatic carbocycles. The second-order valence-corrected chi connectivity index (χ2v) is 10.4. The first kappa shape index (κ1) is 26.6. The third-order valence-electron chi connectivity index (χ3n) is 7.32. The van der Waals surface area contributed by atoms with Crippen LogP contribution < -0.4 is 14.8 Å². The number of hydrogen-bond donors (Lipinski definition) is 2. The smallest absolute Gasteiger partial charge is 0.255 e. The van der Waals surface area contributed by atoms with E-state index in [4.69, 9.17) is 9.47 Å². The Kier molecular flexibility index (Phi) is 7.26. The van der Waals surface area contributed by atoms with E-state index in [2.05, 4.69) is 26.2 Å². The molecule has 5 rings (SSSR count). The minimum atomic E-state index is -0.737. The third-order valence-corrected chi connectivity index (χ3v) is 8.00. The maximum atomic E-state index is 13.1. The van der Waals surface area contributed by atoms with E-state index in [0.29, 0.717) is 28.3 Å². The van der Waals surface area contributed by atoms with Gasteiger partial charge >= 0.3 is 0 Å². The number of carbonyl (C=O) groups excluding carboxylic acids is 4. The Balaban J connectivity index is 1.38. The molecule has 0 saturated carbocycles. The van der Waals surface area contributed by atoms with Gasteiger partial charge in [0.2, 0.25) is 11.8 Å². The van der Waals surface area contributed by atoms with Crippen LogP contribution in [-0.2, 0) is 20.9 Å². The Labute approximate surface area is 232 Å². The number of ketones is 1. The molecule has 0 spiro atoms. The predicted octanol–water partition coefficient (Wildman–Crippen LogP) is 3.89. The number of methoxy groups -OCH3 is 2. The Bertz CT molecular complexity index is 1470. The number of imide groups is 1. The Morgan fingerprint density at radius 2 is 1.85 bits per heavy atom.